The summed E-state index contributed by atoms with van der Waals surface area (Å²) < 4.78 is 11.2. The summed E-state index contributed by atoms with van der Waals surface area (Å²) in [7, 11) is 0. The number of hydrogen-bond acceptors (Lipinski definition) is 8. The van der Waals surface area contributed by atoms with Crippen molar-refractivity contribution >= 4 is 5.91 Å². The van der Waals surface area contributed by atoms with E-state index < -0.39 is 49.5 Å². The van der Waals surface area contributed by atoms with Crippen LogP contribution < -0.4 is 5.32 Å². The number of allylic oxidation sites excluding steroid dienone is 1. The molecule has 0 aliphatic carbocycles. The molecular formula is C44H85NO8. The van der Waals surface area contributed by atoms with Crippen LogP contribution in [-0.2, 0) is 14.3 Å². The van der Waals surface area contributed by atoms with Crippen molar-refractivity contribution in [2.75, 3.05) is 13.2 Å². The fourth-order valence-electron chi connectivity index (χ4n) is 7.21. The minimum Gasteiger partial charge on any atom is -0.394 e. The lowest BCUT2D eigenvalue weighted by Crippen LogP contribution is -2.60. The van der Waals surface area contributed by atoms with Crippen molar-refractivity contribution in [1.82, 2.24) is 5.32 Å². The van der Waals surface area contributed by atoms with Gasteiger partial charge in [-0.1, -0.05) is 193 Å². The Kier molecular flexibility index (Phi) is 33.3. The van der Waals surface area contributed by atoms with E-state index in [9.17, 15) is 30.3 Å². The highest BCUT2D eigenvalue weighted by molar-refractivity contribution is 5.76. The Hall–Kier alpha value is -1.07. The number of unbranched alkanes of at least 4 members (excludes halogenated alkanes) is 27. The van der Waals surface area contributed by atoms with Gasteiger partial charge in [0.1, 0.15) is 24.4 Å². The Morgan fingerprint density at radius 3 is 1.47 bits per heavy atom. The molecule has 1 amide bonds. The number of nitrogens with one attached hydrogen (secondary N) is 1. The minimum absolute atomic E-state index is 0.175. The molecule has 1 aliphatic rings. The maximum atomic E-state index is 12.9. The predicted molar refractivity (Wildman–Crippen MR) is 217 cm³/mol. The molecule has 6 N–H and O–H groups in total. The van der Waals surface area contributed by atoms with Crippen LogP contribution in [-0.4, -0.2) is 87.5 Å². The molecule has 1 heterocycles. The van der Waals surface area contributed by atoms with E-state index in [1.807, 2.05) is 6.08 Å². The number of carbonyl (C=O) groups is 1. The predicted octanol–water partition coefficient (Wildman–Crippen LogP) is 8.95. The topological polar surface area (TPSA) is 149 Å². The fourth-order valence-corrected chi connectivity index (χ4v) is 7.21. The fraction of sp³-hybridized carbons (Fsp3) is 0.932. The van der Waals surface area contributed by atoms with Crippen LogP contribution in [0.5, 0.6) is 0 Å². The highest BCUT2D eigenvalue weighted by Gasteiger charge is 2.44. The van der Waals surface area contributed by atoms with Gasteiger partial charge in [-0.25, -0.2) is 0 Å². The standard InChI is InChI=1S/C44H85NO8/c1-3-5-7-9-11-13-15-16-17-18-19-20-21-22-24-26-28-30-32-34-40(48)45-37(36-52-44-43(51)42(50)41(49)39(35-46)53-44)38(47)33-31-29-27-25-23-14-12-10-8-6-4-2/h31,33,37-39,41-44,46-47,49-51H,3-30,32,34-36H2,1-2H3,(H,45,48)/b33-31+/t37-,38+,39-,41-,42?,43?,44-/m0/s1. The number of aliphatic hydroxyl groups is 5. The van der Waals surface area contributed by atoms with Gasteiger partial charge in [0.25, 0.3) is 0 Å². The SMILES string of the molecule is CCCCCCCCCCC/C=C/[C@@H](O)[C@H](CO[C@H]1O[C@@H](CO)[C@H](O)C(O)C1O)NC(=O)CCCCCCCCCCCCCCCCCCCCC. The number of hydrogen-bond donors (Lipinski definition) is 6. The van der Waals surface area contributed by atoms with Gasteiger partial charge in [0.15, 0.2) is 6.29 Å². The van der Waals surface area contributed by atoms with Crippen molar-refractivity contribution in [3.63, 3.8) is 0 Å². The van der Waals surface area contributed by atoms with Gasteiger partial charge in [-0.2, -0.15) is 0 Å². The van der Waals surface area contributed by atoms with Gasteiger partial charge in [0.05, 0.1) is 25.4 Å². The van der Waals surface area contributed by atoms with Crippen LogP contribution in [0.4, 0.5) is 0 Å². The third-order valence-corrected chi connectivity index (χ3v) is 10.9. The lowest BCUT2D eigenvalue weighted by atomic mass is 9.99. The highest BCUT2D eigenvalue weighted by atomic mass is 16.7. The van der Waals surface area contributed by atoms with Crippen molar-refractivity contribution in [3.05, 3.63) is 12.2 Å². The molecule has 1 rings (SSSR count). The van der Waals surface area contributed by atoms with Gasteiger partial charge in [-0.3, -0.25) is 4.79 Å². The molecule has 0 aromatic rings. The number of amides is 1. The summed E-state index contributed by atoms with van der Waals surface area (Å²) in [5.74, 6) is -0.175. The summed E-state index contributed by atoms with van der Waals surface area (Å²) in [6.45, 7) is 3.76. The second kappa shape index (κ2) is 35.4. The molecule has 0 saturated carbocycles. The van der Waals surface area contributed by atoms with Gasteiger partial charge in [0, 0.05) is 6.42 Å². The van der Waals surface area contributed by atoms with Gasteiger partial charge in [-0.05, 0) is 19.3 Å². The Balaban J connectivity index is 2.31. The minimum atomic E-state index is -1.56. The second-order valence-electron chi connectivity index (χ2n) is 15.9. The average molecular weight is 756 g/mol. The Bertz CT molecular complexity index is 842. The van der Waals surface area contributed by atoms with Crippen LogP contribution in [0.1, 0.15) is 206 Å². The van der Waals surface area contributed by atoms with E-state index in [0.29, 0.717) is 6.42 Å². The number of ether oxygens (including phenoxy) is 2. The molecule has 0 aromatic heterocycles. The molecule has 9 heteroatoms. The summed E-state index contributed by atoms with van der Waals surface area (Å²) in [4.78, 5) is 12.9. The molecule has 0 bridgehead atoms. The molecule has 0 spiro atoms. The summed E-state index contributed by atoms with van der Waals surface area (Å²) in [6, 6.07) is -0.797. The van der Waals surface area contributed by atoms with Crippen LogP contribution in [0.3, 0.4) is 0 Å². The largest absolute Gasteiger partial charge is 0.394 e. The summed E-state index contributed by atoms with van der Waals surface area (Å²) in [5.41, 5.74) is 0. The Labute approximate surface area is 325 Å². The first-order valence-corrected chi connectivity index (χ1v) is 22.4. The van der Waals surface area contributed by atoms with Crippen molar-refractivity contribution < 1.29 is 39.8 Å². The molecule has 9 nitrogen and oxygen atoms in total. The van der Waals surface area contributed by atoms with E-state index in [-0.39, 0.29) is 12.5 Å². The average Bonchev–Trinajstić information content (AvgIpc) is 3.16. The summed E-state index contributed by atoms with van der Waals surface area (Å²) in [6.07, 6.45) is 32.6. The van der Waals surface area contributed by atoms with Gasteiger partial charge in [-0.15, -0.1) is 0 Å². The van der Waals surface area contributed by atoms with E-state index in [1.165, 1.54) is 148 Å². The first kappa shape index (κ1) is 49.9. The molecule has 0 aromatic carbocycles. The number of carbonyl (C=O) groups excluding carboxylic acids is 1. The smallest absolute Gasteiger partial charge is 0.220 e. The molecule has 7 atom stereocenters. The quantitative estimate of drug-likeness (QED) is 0.0272. The van der Waals surface area contributed by atoms with Crippen molar-refractivity contribution in [3.8, 4) is 0 Å². The molecule has 1 fully saturated rings. The maximum Gasteiger partial charge on any atom is 0.220 e. The van der Waals surface area contributed by atoms with Crippen LogP contribution in [0.2, 0.25) is 0 Å². The zero-order valence-electron chi connectivity index (χ0n) is 34.3. The summed E-state index contributed by atoms with van der Waals surface area (Å²) in [5, 5.41) is 54.0. The van der Waals surface area contributed by atoms with E-state index >= 15 is 0 Å². The monoisotopic (exact) mass is 756 g/mol. The third kappa shape index (κ3) is 26.4. The molecule has 1 saturated heterocycles. The first-order valence-electron chi connectivity index (χ1n) is 22.4. The zero-order chi connectivity index (χ0) is 38.8. The first-order chi connectivity index (χ1) is 25.8. The van der Waals surface area contributed by atoms with Crippen LogP contribution in [0.15, 0.2) is 12.2 Å². The van der Waals surface area contributed by atoms with Gasteiger partial charge < -0.3 is 40.3 Å². The normalized spacial score (nSPS) is 21.7. The molecule has 53 heavy (non-hydrogen) atoms. The van der Waals surface area contributed by atoms with E-state index in [4.69, 9.17) is 9.47 Å². The number of aliphatic hydroxyl groups excluding tert-OH is 5. The maximum absolute atomic E-state index is 12.9. The van der Waals surface area contributed by atoms with Gasteiger partial charge in [0.2, 0.25) is 5.91 Å². The number of rotatable bonds is 37. The second-order valence-corrected chi connectivity index (χ2v) is 15.9. The van der Waals surface area contributed by atoms with Gasteiger partial charge >= 0.3 is 0 Å². The highest BCUT2D eigenvalue weighted by Crippen LogP contribution is 2.23. The summed E-state index contributed by atoms with van der Waals surface area (Å²) >= 11 is 0. The molecular weight excluding hydrogens is 670 g/mol. The van der Waals surface area contributed by atoms with Crippen LogP contribution in [0, 0.1) is 0 Å². The van der Waals surface area contributed by atoms with Crippen molar-refractivity contribution in [2.45, 2.75) is 249 Å². The lowest BCUT2D eigenvalue weighted by molar-refractivity contribution is -0.302. The molecule has 2 unspecified atom stereocenters. The van der Waals surface area contributed by atoms with E-state index in [1.54, 1.807) is 6.08 Å². The lowest BCUT2D eigenvalue weighted by Gasteiger charge is -2.40. The van der Waals surface area contributed by atoms with Crippen LogP contribution >= 0.6 is 0 Å². The third-order valence-electron chi connectivity index (χ3n) is 10.9. The zero-order valence-corrected chi connectivity index (χ0v) is 34.3. The Morgan fingerprint density at radius 1 is 0.623 bits per heavy atom. The molecule has 0 radical (unpaired) electrons. The molecule has 314 valence electrons. The van der Waals surface area contributed by atoms with Crippen molar-refractivity contribution in [1.29, 1.82) is 0 Å². The van der Waals surface area contributed by atoms with Crippen LogP contribution in [0.25, 0.3) is 0 Å². The van der Waals surface area contributed by atoms with E-state index in [0.717, 1.165) is 38.5 Å². The molecule has 1 aliphatic heterocycles. The Morgan fingerprint density at radius 2 is 1.04 bits per heavy atom. The van der Waals surface area contributed by atoms with Crippen molar-refractivity contribution in [2.24, 2.45) is 0 Å². The van der Waals surface area contributed by atoms with E-state index in [2.05, 4.69) is 19.2 Å².